The molecule has 1 saturated heterocycles. The van der Waals surface area contributed by atoms with E-state index in [0.717, 1.165) is 62.7 Å². The second kappa shape index (κ2) is 15.9. The number of hydrogen-bond donors (Lipinski definition) is 3. The lowest BCUT2D eigenvalue weighted by Gasteiger charge is -2.34. The highest BCUT2D eigenvalue weighted by molar-refractivity contribution is 5.89. The van der Waals surface area contributed by atoms with Crippen LogP contribution in [0, 0.1) is 0 Å². The lowest BCUT2D eigenvalue weighted by molar-refractivity contribution is -0.134. The van der Waals surface area contributed by atoms with Gasteiger partial charge in [-0.2, -0.15) is 4.52 Å². The molecule has 11 heteroatoms. The SMILES string of the molecule is CC(C)(C)c1nnc2ccc(NCCCN3CCC(OC(c4ccccc4)c4ccccc4)CC3)nn12.O=C(O)C=CC(=O)O. The summed E-state index contributed by atoms with van der Waals surface area (Å²) < 4.78 is 8.55. The molecule has 0 radical (unpaired) electrons. The van der Waals surface area contributed by atoms with Gasteiger partial charge in [0.1, 0.15) is 11.9 Å². The van der Waals surface area contributed by atoms with E-state index in [0.29, 0.717) is 12.2 Å². The first kappa shape index (κ1) is 33.3. The number of likely N-dealkylation sites (tertiary alicyclic amines) is 1. The monoisotopic (exact) mass is 614 g/mol. The van der Waals surface area contributed by atoms with E-state index in [2.05, 4.69) is 102 Å². The Morgan fingerprint density at radius 3 is 2.02 bits per heavy atom. The normalized spacial score (nSPS) is 14.4. The summed E-state index contributed by atoms with van der Waals surface area (Å²) in [6.45, 7) is 10.5. The number of piperidine rings is 1. The molecule has 0 atom stereocenters. The molecular weight excluding hydrogens is 572 g/mol. The molecule has 2 aromatic carbocycles. The topological polar surface area (TPSA) is 142 Å². The highest BCUT2D eigenvalue weighted by atomic mass is 16.5. The number of aromatic nitrogens is 4. The summed E-state index contributed by atoms with van der Waals surface area (Å²) in [6.07, 6.45) is 4.56. The third kappa shape index (κ3) is 10.2. The first-order valence-corrected chi connectivity index (χ1v) is 15.2. The van der Waals surface area contributed by atoms with Gasteiger partial charge in [-0.1, -0.05) is 81.4 Å². The van der Waals surface area contributed by atoms with Crippen LogP contribution >= 0.6 is 0 Å². The number of fused-ring (bicyclic) bond motifs is 1. The van der Waals surface area contributed by atoms with E-state index in [1.54, 1.807) is 0 Å². The molecule has 0 bridgehead atoms. The predicted molar refractivity (Wildman–Crippen MR) is 172 cm³/mol. The zero-order chi connectivity index (χ0) is 32.2. The van der Waals surface area contributed by atoms with Crippen LogP contribution in [-0.4, -0.2) is 79.1 Å². The molecule has 3 heterocycles. The quantitative estimate of drug-likeness (QED) is 0.152. The Hall–Kier alpha value is -4.61. The van der Waals surface area contributed by atoms with Gasteiger partial charge in [0.05, 0.1) is 6.10 Å². The number of carboxylic acid groups (broad SMARTS) is 2. The van der Waals surface area contributed by atoms with Crippen LogP contribution < -0.4 is 5.32 Å². The van der Waals surface area contributed by atoms with Crippen molar-refractivity contribution in [3.63, 3.8) is 0 Å². The van der Waals surface area contributed by atoms with Crippen molar-refractivity contribution in [2.24, 2.45) is 0 Å². The maximum absolute atomic E-state index is 9.55. The van der Waals surface area contributed by atoms with Crippen LogP contribution in [0.25, 0.3) is 5.65 Å². The minimum Gasteiger partial charge on any atom is -0.478 e. The summed E-state index contributed by atoms with van der Waals surface area (Å²) in [6, 6.07) is 25.1. The summed E-state index contributed by atoms with van der Waals surface area (Å²) in [5.74, 6) is -0.782. The maximum atomic E-state index is 9.55. The van der Waals surface area contributed by atoms with Crippen molar-refractivity contribution in [3.8, 4) is 0 Å². The van der Waals surface area contributed by atoms with E-state index >= 15 is 0 Å². The Balaban J connectivity index is 0.000000510. The summed E-state index contributed by atoms with van der Waals surface area (Å²) in [7, 11) is 0. The number of nitrogens with zero attached hydrogens (tertiary/aromatic N) is 5. The summed E-state index contributed by atoms with van der Waals surface area (Å²) >= 11 is 0. The smallest absolute Gasteiger partial charge is 0.328 e. The molecule has 0 unspecified atom stereocenters. The van der Waals surface area contributed by atoms with E-state index in [-0.39, 0.29) is 17.6 Å². The van der Waals surface area contributed by atoms with E-state index in [1.807, 2.05) is 16.6 Å². The first-order chi connectivity index (χ1) is 21.6. The van der Waals surface area contributed by atoms with Crippen LogP contribution in [-0.2, 0) is 19.7 Å². The fraction of sp³-hybridized carbons (Fsp3) is 0.382. The lowest BCUT2D eigenvalue weighted by Crippen LogP contribution is -2.38. The van der Waals surface area contributed by atoms with Crippen molar-refractivity contribution in [2.75, 3.05) is 31.5 Å². The third-order valence-corrected chi connectivity index (χ3v) is 7.33. The average Bonchev–Trinajstić information content (AvgIpc) is 3.47. The molecule has 1 aliphatic rings. The molecule has 0 aliphatic carbocycles. The second-order valence-electron chi connectivity index (χ2n) is 11.9. The number of aliphatic carboxylic acids is 2. The molecule has 238 valence electrons. The Kier molecular flexibility index (Phi) is 11.8. The van der Waals surface area contributed by atoms with E-state index < -0.39 is 11.9 Å². The number of rotatable bonds is 11. The summed E-state index contributed by atoms with van der Waals surface area (Å²) in [5, 5.41) is 32.4. The van der Waals surface area contributed by atoms with Gasteiger partial charge in [0, 0.05) is 37.2 Å². The van der Waals surface area contributed by atoms with Crippen LogP contribution in [0.3, 0.4) is 0 Å². The maximum Gasteiger partial charge on any atom is 0.328 e. The number of hydrogen-bond acceptors (Lipinski definition) is 8. The zero-order valence-electron chi connectivity index (χ0n) is 26.0. The van der Waals surface area contributed by atoms with Gasteiger partial charge >= 0.3 is 11.9 Å². The molecule has 2 aromatic heterocycles. The molecule has 1 fully saturated rings. The second-order valence-corrected chi connectivity index (χ2v) is 11.9. The van der Waals surface area contributed by atoms with Crippen molar-refractivity contribution in [2.45, 2.75) is 57.7 Å². The highest BCUT2D eigenvalue weighted by Crippen LogP contribution is 2.30. The van der Waals surface area contributed by atoms with Crippen LogP contribution in [0.5, 0.6) is 0 Å². The first-order valence-electron chi connectivity index (χ1n) is 15.2. The fourth-order valence-corrected chi connectivity index (χ4v) is 5.08. The Labute approximate surface area is 263 Å². The van der Waals surface area contributed by atoms with Gasteiger partial charge in [-0.15, -0.1) is 15.3 Å². The summed E-state index contributed by atoms with van der Waals surface area (Å²) in [4.78, 5) is 21.7. The van der Waals surface area contributed by atoms with Crippen molar-refractivity contribution in [3.05, 3.63) is 102 Å². The van der Waals surface area contributed by atoms with Crippen LogP contribution in [0.1, 0.15) is 63.1 Å². The third-order valence-electron chi connectivity index (χ3n) is 7.33. The highest BCUT2D eigenvalue weighted by Gasteiger charge is 2.25. The molecule has 4 aromatic rings. The Morgan fingerprint density at radius 1 is 0.911 bits per heavy atom. The molecule has 0 spiro atoms. The van der Waals surface area contributed by atoms with Crippen molar-refractivity contribution >= 4 is 23.4 Å². The van der Waals surface area contributed by atoms with Crippen LogP contribution in [0.2, 0.25) is 0 Å². The molecular formula is C34H42N6O5. The Bertz CT molecular complexity index is 1490. The largest absolute Gasteiger partial charge is 0.478 e. The molecule has 11 nitrogen and oxygen atoms in total. The molecule has 0 amide bonds. The lowest BCUT2D eigenvalue weighted by atomic mass is 9.96. The van der Waals surface area contributed by atoms with Gasteiger partial charge in [-0.05, 0) is 49.1 Å². The van der Waals surface area contributed by atoms with Gasteiger partial charge in [-0.25, -0.2) is 9.59 Å². The van der Waals surface area contributed by atoms with Crippen LogP contribution in [0.4, 0.5) is 5.82 Å². The zero-order valence-corrected chi connectivity index (χ0v) is 26.0. The van der Waals surface area contributed by atoms with Gasteiger partial charge < -0.3 is 25.2 Å². The Morgan fingerprint density at radius 2 is 1.49 bits per heavy atom. The number of ether oxygens (including phenoxy) is 1. The van der Waals surface area contributed by atoms with Gasteiger partial charge in [0.2, 0.25) is 0 Å². The average molecular weight is 615 g/mol. The standard InChI is InChI=1S/C30H38N6O.C4H4O4/c1-30(2,3)29-33-32-27-16-15-26(34-36(27)29)31-19-10-20-35-21-17-25(18-22-35)37-28(23-11-6-4-7-12-23)24-13-8-5-9-14-24;5-3(6)1-2-4(7)8/h4-9,11-16,25,28H,10,17-22H2,1-3H3,(H,31,34);1-2H,(H,5,6)(H,7,8). The van der Waals surface area contributed by atoms with E-state index in [1.165, 1.54) is 11.1 Å². The van der Waals surface area contributed by atoms with Crippen molar-refractivity contribution in [1.82, 2.24) is 24.7 Å². The number of anilines is 1. The molecule has 0 saturated carbocycles. The predicted octanol–water partition coefficient (Wildman–Crippen LogP) is 5.21. The van der Waals surface area contributed by atoms with E-state index in [4.69, 9.17) is 20.0 Å². The number of carbonyl (C=O) groups is 2. The van der Waals surface area contributed by atoms with Crippen molar-refractivity contribution < 1.29 is 24.5 Å². The molecule has 5 rings (SSSR count). The summed E-state index contributed by atoms with van der Waals surface area (Å²) in [5.41, 5.74) is 3.11. The molecule has 1 aliphatic heterocycles. The fourth-order valence-electron chi connectivity index (χ4n) is 5.08. The minimum atomic E-state index is -1.26. The van der Waals surface area contributed by atoms with Gasteiger partial charge in [-0.3, -0.25) is 0 Å². The van der Waals surface area contributed by atoms with Crippen LogP contribution in [0.15, 0.2) is 84.9 Å². The molecule has 45 heavy (non-hydrogen) atoms. The number of carboxylic acids is 2. The molecule has 3 N–H and O–H groups in total. The number of nitrogens with one attached hydrogen (secondary N) is 1. The minimum absolute atomic E-state index is 0.0162. The van der Waals surface area contributed by atoms with Crippen molar-refractivity contribution in [1.29, 1.82) is 0 Å². The number of benzene rings is 2. The van der Waals surface area contributed by atoms with Gasteiger partial charge in [0.15, 0.2) is 11.5 Å². The van der Waals surface area contributed by atoms with Gasteiger partial charge in [0.25, 0.3) is 0 Å². The van der Waals surface area contributed by atoms with E-state index in [9.17, 15) is 9.59 Å².